The van der Waals surface area contributed by atoms with Gasteiger partial charge in [0.05, 0.1) is 11.3 Å². The third-order valence-corrected chi connectivity index (χ3v) is 8.18. The number of aliphatic hydroxyl groups is 3. The summed E-state index contributed by atoms with van der Waals surface area (Å²) in [5, 5.41) is 43.6. The standard InChI is InChI=1S/C25H30N2O6/c1-11-17(28)9-13-7-12-8-15-20(22(30)19(12)24(32)25(13,33)23(11)31)18(29)10-14-16(26(2)3)5-6-27(4)21(14)15/h10,12-13,16,28-29,32-33H,5-9H2,1-4H3/t12?,13-,16?,25+/m0/s1. The molecule has 4 atom stereocenters. The van der Waals surface area contributed by atoms with Gasteiger partial charge in [0.2, 0.25) is 5.78 Å². The molecule has 176 valence electrons. The lowest BCUT2D eigenvalue weighted by Crippen LogP contribution is -2.55. The highest BCUT2D eigenvalue weighted by Gasteiger charge is 2.58. The minimum Gasteiger partial charge on any atom is -0.512 e. The van der Waals surface area contributed by atoms with Crippen molar-refractivity contribution < 1.29 is 30.0 Å². The molecule has 1 aliphatic heterocycles. The lowest BCUT2D eigenvalue weighted by atomic mass is 9.60. The first kappa shape index (κ1) is 22.0. The van der Waals surface area contributed by atoms with E-state index in [1.807, 2.05) is 21.1 Å². The van der Waals surface area contributed by atoms with E-state index in [1.54, 1.807) is 6.07 Å². The first-order valence-electron chi connectivity index (χ1n) is 11.4. The Hall–Kier alpha value is -2.84. The molecule has 1 aromatic carbocycles. The van der Waals surface area contributed by atoms with Crippen LogP contribution in [0.15, 0.2) is 28.7 Å². The summed E-state index contributed by atoms with van der Waals surface area (Å²) in [6.07, 6.45) is 1.62. The normalized spacial score (nSPS) is 31.5. The molecule has 0 fully saturated rings. The first-order chi connectivity index (χ1) is 15.5. The SMILES string of the molecule is CC1=C(O)C[C@@H]2CC3Cc4c(c(O)cc5c4N(C)CCC5N(C)C)C(=O)C3=C(O)[C@]2(O)C1=O. The van der Waals surface area contributed by atoms with Gasteiger partial charge in [-0.05, 0) is 63.4 Å². The van der Waals surface area contributed by atoms with Gasteiger partial charge in [-0.3, -0.25) is 9.59 Å². The topological polar surface area (TPSA) is 122 Å². The van der Waals surface area contributed by atoms with Crippen LogP contribution in [-0.2, 0) is 11.2 Å². The van der Waals surface area contributed by atoms with E-state index in [2.05, 4.69) is 9.80 Å². The van der Waals surface area contributed by atoms with Gasteiger partial charge in [0.15, 0.2) is 11.4 Å². The number of aliphatic hydroxyl groups excluding tert-OH is 2. The largest absolute Gasteiger partial charge is 0.512 e. The third kappa shape index (κ3) is 2.77. The average molecular weight is 455 g/mol. The van der Waals surface area contributed by atoms with Crippen LogP contribution in [0.3, 0.4) is 0 Å². The van der Waals surface area contributed by atoms with E-state index in [9.17, 15) is 30.0 Å². The Morgan fingerprint density at radius 2 is 1.85 bits per heavy atom. The zero-order valence-electron chi connectivity index (χ0n) is 19.3. The number of ketones is 2. The van der Waals surface area contributed by atoms with Gasteiger partial charge in [0.25, 0.3) is 0 Å². The van der Waals surface area contributed by atoms with Crippen LogP contribution in [0.1, 0.15) is 53.7 Å². The van der Waals surface area contributed by atoms with E-state index in [0.717, 1.165) is 29.8 Å². The minimum absolute atomic E-state index is 0.00154. The number of phenolic OH excluding ortho intramolecular Hbond substituents is 1. The van der Waals surface area contributed by atoms with Crippen molar-refractivity contribution in [1.82, 2.24) is 4.90 Å². The molecule has 4 aliphatic rings. The van der Waals surface area contributed by atoms with Crippen molar-refractivity contribution in [3.05, 3.63) is 45.4 Å². The Balaban J connectivity index is 1.70. The van der Waals surface area contributed by atoms with Crippen LogP contribution in [0.25, 0.3) is 0 Å². The monoisotopic (exact) mass is 454 g/mol. The maximum absolute atomic E-state index is 13.7. The van der Waals surface area contributed by atoms with Crippen molar-refractivity contribution in [3.8, 4) is 5.75 Å². The molecule has 0 saturated carbocycles. The van der Waals surface area contributed by atoms with E-state index in [-0.39, 0.29) is 47.1 Å². The molecule has 0 amide bonds. The lowest BCUT2D eigenvalue weighted by Gasteiger charge is -2.46. The van der Waals surface area contributed by atoms with E-state index >= 15 is 0 Å². The molecule has 0 spiro atoms. The maximum atomic E-state index is 13.7. The number of allylic oxidation sites excluding steroid dienone is 2. The smallest absolute Gasteiger partial charge is 0.201 e. The predicted octanol–water partition coefficient (Wildman–Crippen LogP) is 2.56. The molecule has 0 aromatic heterocycles. The van der Waals surface area contributed by atoms with E-state index < -0.39 is 34.8 Å². The van der Waals surface area contributed by atoms with Crippen molar-refractivity contribution >= 4 is 17.3 Å². The number of carbonyl (C=O) groups excluding carboxylic acids is 2. The van der Waals surface area contributed by atoms with Gasteiger partial charge in [-0.1, -0.05) is 0 Å². The number of benzene rings is 1. The van der Waals surface area contributed by atoms with Gasteiger partial charge in [-0.15, -0.1) is 0 Å². The Morgan fingerprint density at radius 1 is 1.15 bits per heavy atom. The summed E-state index contributed by atoms with van der Waals surface area (Å²) in [7, 11) is 5.95. The molecular weight excluding hydrogens is 424 g/mol. The van der Waals surface area contributed by atoms with E-state index in [1.165, 1.54) is 6.92 Å². The van der Waals surface area contributed by atoms with Crippen molar-refractivity contribution in [3.63, 3.8) is 0 Å². The summed E-state index contributed by atoms with van der Waals surface area (Å²) in [5.41, 5.74) is 0.543. The molecule has 0 saturated heterocycles. The molecule has 1 heterocycles. The fourth-order valence-corrected chi connectivity index (χ4v) is 6.42. The lowest BCUT2D eigenvalue weighted by molar-refractivity contribution is -0.142. The number of phenols is 1. The zero-order valence-corrected chi connectivity index (χ0v) is 19.3. The fraction of sp³-hybridized carbons (Fsp3) is 0.520. The van der Waals surface area contributed by atoms with Crippen molar-refractivity contribution in [2.24, 2.45) is 11.8 Å². The van der Waals surface area contributed by atoms with Gasteiger partial charge in [0.1, 0.15) is 11.5 Å². The highest BCUT2D eigenvalue weighted by molar-refractivity contribution is 6.16. The van der Waals surface area contributed by atoms with Gasteiger partial charge in [-0.2, -0.15) is 0 Å². The summed E-state index contributed by atoms with van der Waals surface area (Å²) in [6.45, 7) is 2.21. The summed E-state index contributed by atoms with van der Waals surface area (Å²) in [5.74, 6) is -3.33. The van der Waals surface area contributed by atoms with Crippen LogP contribution >= 0.6 is 0 Å². The van der Waals surface area contributed by atoms with Crippen LogP contribution < -0.4 is 4.90 Å². The second-order valence-corrected chi connectivity index (χ2v) is 10.2. The molecule has 5 rings (SSSR count). The van der Waals surface area contributed by atoms with Crippen molar-refractivity contribution in [1.29, 1.82) is 0 Å². The summed E-state index contributed by atoms with van der Waals surface area (Å²) >= 11 is 0. The number of hydrogen-bond acceptors (Lipinski definition) is 8. The minimum atomic E-state index is -2.23. The number of rotatable bonds is 1. The summed E-state index contributed by atoms with van der Waals surface area (Å²) < 4.78 is 0. The van der Waals surface area contributed by atoms with Crippen LogP contribution in [0.2, 0.25) is 0 Å². The number of fused-ring (bicyclic) bond motifs is 5. The molecule has 0 radical (unpaired) electrons. The Kier molecular flexibility index (Phi) is 4.71. The number of anilines is 1. The van der Waals surface area contributed by atoms with Crippen molar-refractivity contribution in [2.45, 2.75) is 44.2 Å². The van der Waals surface area contributed by atoms with Crippen LogP contribution in [0.4, 0.5) is 5.69 Å². The molecular formula is C25H30N2O6. The molecule has 0 bridgehead atoms. The second-order valence-electron chi connectivity index (χ2n) is 10.2. The van der Waals surface area contributed by atoms with Gasteiger partial charge < -0.3 is 30.2 Å². The number of nitrogens with zero attached hydrogens (tertiary/aromatic N) is 2. The second kappa shape index (κ2) is 7.08. The Bertz CT molecular complexity index is 1170. The van der Waals surface area contributed by atoms with E-state index in [4.69, 9.17) is 0 Å². The molecule has 2 unspecified atom stereocenters. The molecule has 1 aromatic rings. The van der Waals surface area contributed by atoms with Gasteiger partial charge in [-0.25, -0.2) is 0 Å². The summed E-state index contributed by atoms with van der Waals surface area (Å²) in [6, 6.07) is 1.74. The molecule has 33 heavy (non-hydrogen) atoms. The highest BCUT2D eigenvalue weighted by Crippen LogP contribution is 2.53. The maximum Gasteiger partial charge on any atom is 0.201 e. The summed E-state index contributed by atoms with van der Waals surface area (Å²) in [4.78, 5) is 30.8. The highest BCUT2D eigenvalue weighted by atomic mass is 16.3. The zero-order chi connectivity index (χ0) is 24.0. The Morgan fingerprint density at radius 3 is 2.52 bits per heavy atom. The average Bonchev–Trinajstić information content (AvgIpc) is 2.74. The first-order valence-corrected chi connectivity index (χ1v) is 11.4. The quantitative estimate of drug-likeness (QED) is 0.511. The third-order valence-electron chi connectivity index (χ3n) is 8.18. The van der Waals surface area contributed by atoms with E-state index in [0.29, 0.717) is 6.42 Å². The Labute approximate surface area is 192 Å². The molecule has 4 N–H and O–H groups in total. The van der Waals surface area contributed by atoms with Crippen molar-refractivity contribution in [2.75, 3.05) is 32.6 Å². The molecule has 3 aliphatic carbocycles. The number of aromatic hydroxyl groups is 1. The van der Waals surface area contributed by atoms with Crippen LogP contribution in [0.5, 0.6) is 5.75 Å². The van der Waals surface area contributed by atoms with Gasteiger partial charge in [0, 0.05) is 48.8 Å². The van der Waals surface area contributed by atoms with Crippen LogP contribution in [-0.4, -0.2) is 70.2 Å². The fourth-order valence-electron chi connectivity index (χ4n) is 6.42. The van der Waals surface area contributed by atoms with Crippen LogP contribution in [0, 0.1) is 11.8 Å². The van der Waals surface area contributed by atoms with Gasteiger partial charge >= 0.3 is 0 Å². The number of carbonyl (C=O) groups is 2. The number of Topliss-reactive ketones (excluding diaryl/α,β-unsaturated/α-hetero) is 2. The predicted molar refractivity (Wildman–Crippen MR) is 122 cm³/mol. The molecule has 8 heteroatoms. The number of hydrogen-bond donors (Lipinski definition) is 4. The molecule has 8 nitrogen and oxygen atoms in total.